The van der Waals surface area contributed by atoms with Crippen molar-refractivity contribution < 1.29 is 14.3 Å². The Kier molecular flexibility index (Phi) is 5.71. The lowest BCUT2D eigenvalue weighted by Gasteiger charge is -2.10. The molecular formula is C22H22N2O3. The van der Waals surface area contributed by atoms with E-state index in [-0.39, 0.29) is 12.5 Å². The molecule has 0 saturated carbocycles. The van der Waals surface area contributed by atoms with Crippen LogP contribution in [0, 0.1) is 6.92 Å². The SMILES string of the molecule is CNC(=O)COc1ccc(C=Cc2ccc3cc(C)ccc3n2)cc1OC. The molecule has 0 unspecified atom stereocenters. The zero-order valence-electron chi connectivity index (χ0n) is 15.7. The highest BCUT2D eigenvalue weighted by molar-refractivity contribution is 5.81. The van der Waals surface area contributed by atoms with E-state index >= 15 is 0 Å². The van der Waals surface area contributed by atoms with Gasteiger partial charge in [-0.3, -0.25) is 4.79 Å². The van der Waals surface area contributed by atoms with Crippen LogP contribution in [0.15, 0.2) is 48.5 Å². The van der Waals surface area contributed by atoms with Gasteiger partial charge in [0.1, 0.15) is 0 Å². The van der Waals surface area contributed by atoms with E-state index in [4.69, 9.17) is 9.47 Å². The average molecular weight is 362 g/mol. The molecule has 1 aromatic heterocycles. The zero-order chi connectivity index (χ0) is 19.2. The Bertz CT molecular complexity index is 996. The molecule has 0 atom stereocenters. The molecule has 0 radical (unpaired) electrons. The molecule has 0 saturated heterocycles. The number of pyridine rings is 1. The van der Waals surface area contributed by atoms with Crippen LogP contribution in [0.3, 0.4) is 0 Å². The third-order valence-electron chi connectivity index (χ3n) is 4.14. The second-order valence-corrected chi connectivity index (χ2v) is 6.14. The van der Waals surface area contributed by atoms with Gasteiger partial charge in [-0.1, -0.05) is 29.8 Å². The Morgan fingerprint density at radius 2 is 1.93 bits per heavy atom. The Hall–Kier alpha value is -3.34. The largest absolute Gasteiger partial charge is 0.493 e. The molecule has 0 aliphatic rings. The maximum absolute atomic E-state index is 11.3. The lowest BCUT2D eigenvalue weighted by Crippen LogP contribution is -2.24. The van der Waals surface area contributed by atoms with Crippen LogP contribution in [-0.4, -0.2) is 31.7 Å². The molecule has 0 spiro atoms. The Morgan fingerprint density at radius 3 is 2.70 bits per heavy atom. The molecule has 0 aliphatic heterocycles. The summed E-state index contributed by atoms with van der Waals surface area (Å²) in [6, 6.07) is 15.8. The highest BCUT2D eigenvalue weighted by Gasteiger charge is 2.07. The summed E-state index contributed by atoms with van der Waals surface area (Å²) < 4.78 is 10.8. The summed E-state index contributed by atoms with van der Waals surface area (Å²) in [6.07, 6.45) is 3.92. The van der Waals surface area contributed by atoms with E-state index in [1.54, 1.807) is 20.2 Å². The van der Waals surface area contributed by atoms with Crippen LogP contribution in [0.5, 0.6) is 11.5 Å². The molecule has 0 bridgehead atoms. The summed E-state index contributed by atoms with van der Waals surface area (Å²) in [6.45, 7) is 2.02. The monoisotopic (exact) mass is 362 g/mol. The predicted molar refractivity (Wildman–Crippen MR) is 108 cm³/mol. The van der Waals surface area contributed by atoms with Crippen LogP contribution in [0.25, 0.3) is 23.1 Å². The minimum Gasteiger partial charge on any atom is -0.493 e. The summed E-state index contributed by atoms with van der Waals surface area (Å²) in [5.74, 6) is 0.902. The standard InChI is InChI=1S/C22H22N2O3/c1-15-4-10-19-17(12-15)7-9-18(24-19)8-5-16-6-11-20(21(13-16)26-3)27-14-22(25)23-2/h4-13H,14H2,1-3H3,(H,23,25). The normalized spacial score (nSPS) is 10.9. The first kappa shape index (κ1) is 18.5. The van der Waals surface area contributed by atoms with Gasteiger partial charge in [-0.2, -0.15) is 0 Å². The minimum absolute atomic E-state index is 0.0530. The summed E-state index contributed by atoms with van der Waals surface area (Å²) in [7, 11) is 3.14. The van der Waals surface area contributed by atoms with Crippen molar-refractivity contribution >= 4 is 29.0 Å². The van der Waals surface area contributed by atoms with Gasteiger partial charge in [0.25, 0.3) is 5.91 Å². The smallest absolute Gasteiger partial charge is 0.257 e. The number of carbonyl (C=O) groups is 1. The van der Waals surface area contributed by atoms with E-state index in [0.29, 0.717) is 11.5 Å². The van der Waals surface area contributed by atoms with Gasteiger partial charge in [0, 0.05) is 12.4 Å². The lowest BCUT2D eigenvalue weighted by atomic mass is 10.1. The molecule has 1 amide bonds. The van der Waals surface area contributed by atoms with Crippen molar-refractivity contribution in [3.8, 4) is 11.5 Å². The van der Waals surface area contributed by atoms with Gasteiger partial charge in [0.15, 0.2) is 18.1 Å². The number of benzene rings is 2. The summed E-state index contributed by atoms with van der Waals surface area (Å²) >= 11 is 0. The number of methoxy groups -OCH3 is 1. The summed E-state index contributed by atoms with van der Waals surface area (Å²) in [4.78, 5) is 16.0. The number of hydrogen-bond acceptors (Lipinski definition) is 4. The fourth-order valence-electron chi connectivity index (χ4n) is 2.66. The van der Waals surface area contributed by atoms with Crippen molar-refractivity contribution in [2.24, 2.45) is 0 Å². The van der Waals surface area contributed by atoms with E-state index < -0.39 is 0 Å². The topological polar surface area (TPSA) is 60.5 Å². The van der Waals surface area contributed by atoms with Gasteiger partial charge in [-0.25, -0.2) is 4.98 Å². The molecule has 138 valence electrons. The molecule has 27 heavy (non-hydrogen) atoms. The maximum atomic E-state index is 11.3. The van der Waals surface area contributed by atoms with E-state index in [0.717, 1.165) is 22.2 Å². The maximum Gasteiger partial charge on any atom is 0.257 e. The number of likely N-dealkylation sites (N-methyl/N-ethyl adjacent to an activating group) is 1. The van der Waals surface area contributed by atoms with Crippen molar-refractivity contribution in [1.29, 1.82) is 0 Å². The van der Waals surface area contributed by atoms with Crippen LogP contribution in [0.1, 0.15) is 16.8 Å². The molecule has 0 fully saturated rings. The number of rotatable bonds is 6. The number of aryl methyl sites for hydroxylation is 1. The Morgan fingerprint density at radius 1 is 1.07 bits per heavy atom. The van der Waals surface area contributed by atoms with Crippen molar-refractivity contribution in [3.05, 3.63) is 65.4 Å². The third kappa shape index (κ3) is 4.64. The Labute approximate surface area is 158 Å². The molecule has 1 heterocycles. The van der Waals surface area contributed by atoms with Gasteiger partial charge in [0.2, 0.25) is 0 Å². The number of aromatic nitrogens is 1. The molecule has 5 nitrogen and oxygen atoms in total. The van der Waals surface area contributed by atoms with Crippen molar-refractivity contribution in [3.63, 3.8) is 0 Å². The number of fused-ring (bicyclic) bond motifs is 1. The van der Waals surface area contributed by atoms with E-state index in [9.17, 15) is 4.79 Å². The van der Waals surface area contributed by atoms with Crippen LogP contribution in [0.2, 0.25) is 0 Å². The first-order valence-electron chi connectivity index (χ1n) is 8.66. The highest BCUT2D eigenvalue weighted by atomic mass is 16.5. The van der Waals surface area contributed by atoms with Crippen LogP contribution in [0.4, 0.5) is 0 Å². The lowest BCUT2D eigenvalue weighted by molar-refractivity contribution is -0.122. The first-order valence-corrected chi connectivity index (χ1v) is 8.66. The van der Waals surface area contributed by atoms with Crippen molar-refractivity contribution in [2.75, 3.05) is 20.8 Å². The minimum atomic E-state index is -0.196. The quantitative estimate of drug-likeness (QED) is 0.724. The first-order chi connectivity index (χ1) is 13.1. The number of ether oxygens (including phenoxy) is 2. The summed E-state index contributed by atoms with van der Waals surface area (Å²) in [5.41, 5.74) is 4.02. The van der Waals surface area contributed by atoms with E-state index in [1.165, 1.54) is 5.56 Å². The fourth-order valence-corrected chi connectivity index (χ4v) is 2.66. The molecule has 1 N–H and O–H groups in total. The van der Waals surface area contributed by atoms with Gasteiger partial charge in [0.05, 0.1) is 18.3 Å². The van der Waals surface area contributed by atoms with E-state index in [1.807, 2.05) is 36.4 Å². The van der Waals surface area contributed by atoms with Gasteiger partial charge in [-0.05, 0) is 48.9 Å². The third-order valence-corrected chi connectivity index (χ3v) is 4.14. The number of carbonyl (C=O) groups excluding carboxylic acids is 1. The van der Waals surface area contributed by atoms with Crippen LogP contribution in [-0.2, 0) is 4.79 Å². The van der Waals surface area contributed by atoms with Gasteiger partial charge < -0.3 is 14.8 Å². The van der Waals surface area contributed by atoms with Crippen molar-refractivity contribution in [1.82, 2.24) is 10.3 Å². The number of nitrogens with zero attached hydrogens (tertiary/aromatic N) is 1. The molecule has 3 aromatic rings. The second-order valence-electron chi connectivity index (χ2n) is 6.14. The molecular weight excluding hydrogens is 340 g/mol. The van der Waals surface area contributed by atoms with Gasteiger partial charge in [-0.15, -0.1) is 0 Å². The number of nitrogens with one attached hydrogen (secondary N) is 1. The molecule has 5 heteroatoms. The average Bonchev–Trinajstić information content (AvgIpc) is 2.70. The fraction of sp³-hybridized carbons (Fsp3) is 0.182. The molecule has 0 aliphatic carbocycles. The number of amides is 1. The predicted octanol–water partition coefficient (Wildman–Crippen LogP) is 3.85. The Balaban J connectivity index is 1.78. The number of hydrogen-bond donors (Lipinski definition) is 1. The van der Waals surface area contributed by atoms with Crippen LogP contribution < -0.4 is 14.8 Å². The highest BCUT2D eigenvalue weighted by Crippen LogP contribution is 2.28. The molecule has 2 aromatic carbocycles. The van der Waals surface area contributed by atoms with Gasteiger partial charge >= 0.3 is 0 Å². The second kappa shape index (κ2) is 8.36. The van der Waals surface area contributed by atoms with Crippen LogP contribution >= 0.6 is 0 Å². The van der Waals surface area contributed by atoms with E-state index in [2.05, 4.69) is 35.4 Å². The summed E-state index contributed by atoms with van der Waals surface area (Å²) in [5, 5.41) is 3.65. The molecule has 3 rings (SSSR count). The van der Waals surface area contributed by atoms with Crippen molar-refractivity contribution in [2.45, 2.75) is 6.92 Å². The zero-order valence-corrected chi connectivity index (χ0v) is 15.7.